The van der Waals surface area contributed by atoms with E-state index in [0.29, 0.717) is 10.5 Å². The fraction of sp³-hybridized carbons (Fsp3) is 0.278. The van der Waals surface area contributed by atoms with E-state index in [2.05, 4.69) is 16.4 Å². The highest BCUT2D eigenvalue weighted by Gasteiger charge is 2.32. The van der Waals surface area contributed by atoms with E-state index < -0.39 is 0 Å². The molecule has 0 radical (unpaired) electrons. The van der Waals surface area contributed by atoms with Crippen molar-refractivity contribution in [2.75, 3.05) is 26.3 Å². The number of hydrogen-bond acceptors (Lipinski definition) is 4. The molecule has 4 rings (SSSR count). The van der Waals surface area contributed by atoms with Gasteiger partial charge in [-0.05, 0) is 29.6 Å². The molecule has 1 saturated heterocycles. The molecule has 1 atom stereocenters. The summed E-state index contributed by atoms with van der Waals surface area (Å²) in [7, 11) is 0. The number of nitrogens with zero attached hydrogens (tertiary/aromatic N) is 1. The Labute approximate surface area is 149 Å². The highest BCUT2D eigenvalue weighted by molar-refractivity contribution is 7.10. The van der Waals surface area contributed by atoms with E-state index in [0.717, 1.165) is 37.3 Å². The predicted octanol–water partition coefficient (Wildman–Crippen LogP) is 2.66. The van der Waals surface area contributed by atoms with Gasteiger partial charge in [0.05, 0.1) is 28.7 Å². The molecule has 6 heteroatoms. The molecule has 2 N–H and O–H groups in total. The number of nitrogens with one attached hydrogen (secondary N) is 1. The number of quaternary nitrogens is 1. The number of pyridine rings is 1. The maximum absolute atomic E-state index is 10.9. The molecule has 2 aromatic heterocycles. The molecule has 1 aliphatic heterocycles. The van der Waals surface area contributed by atoms with Crippen LogP contribution in [0.25, 0.3) is 10.9 Å². The molecule has 0 bridgehead atoms. The van der Waals surface area contributed by atoms with Crippen LogP contribution < -0.4 is 4.90 Å². The van der Waals surface area contributed by atoms with Gasteiger partial charge >= 0.3 is 0 Å². The first-order valence-electron chi connectivity index (χ1n) is 7.97. The minimum atomic E-state index is 0.0396. The number of thiophene rings is 1. The number of rotatable bonds is 3. The normalized spacial score (nSPS) is 17.2. The van der Waals surface area contributed by atoms with Gasteiger partial charge in [-0.25, -0.2) is 0 Å². The van der Waals surface area contributed by atoms with Crippen molar-refractivity contribution >= 4 is 33.8 Å². The lowest BCUT2D eigenvalue weighted by Crippen LogP contribution is -3.14. The summed E-state index contributed by atoms with van der Waals surface area (Å²) in [6.45, 7) is 3.27. The van der Waals surface area contributed by atoms with E-state index in [1.54, 1.807) is 17.5 Å². The van der Waals surface area contributed by atoms with Gasteiger partial charge in [0.15, 0.2) is 11.8 Å². The standard InChI is InChI=1S/C18H17ClN2O2S/c19-14-11-13(18(22)16-12(14)3-1-5-20-16)17(15-4-2-10-24-15)21-6-8-23-9-7-21/h1-5,10-11,17,22H,6-9H2/p+1/t17-/m0/s1. The minimum absolute atomic E-state index is 0.0396. The third-order valence-corrected chi connectivity index (χ3v) is 5.78. The Balaban J connectivity index is 1.89. The Bertz CT molecular complexity index is 848. The van der Waals surface area contributed by atoms with Crippen molar-refractivity contribution in [3.63, 3.8) is 0 Å². The number of hydrogen-bond donors (Lipinski definition) is 2. The SMILES string of the molecule is Oc1c([C@@H](c2cccs2)[NH+]2CCOCC2)cc(Cl)c2cccnc12. The molecule has 3 heterocycles. The zero-order valence-corrected chi connectivity index (χ0v) is 14.6. The van der Waals surface area contributed by atoms with Crippen molar-refractivity contribution in [2.45, 2.75) is 6.04 Å². The summed E-state index contributed by atoms with van der Waals surface area (Å²) in [6, 6.07) is 9.82. The summed E-state index contributed by atoms with van der Waals surface area (Å²) in [6.07, 6.45) is 1.68. The predicted molar refractivity (Wildman–Crippen MR) is 96.1 cm³/mol. The lowest BCUT2D eigenvalue weighted by Gasteiger charge is -2.31. The number of halogens is 1. The molecule has 24 heavy (non-hydrogen) atoms. The van der Waals surface area contributed by atoms with Crippen LogP contribution >= 0.6 is 22.9 Å². The number of phenolic OH excluding ortho intramolecular Hbond substituents is 1. The Morgan fingerprint density at radius 1 is 1.25 bits per heavy atom. The Hall–Kier alpha value is -1.66. The zero-order valence-electron chi connectivity index (χ0n) is 13.0. The second kappa shape index (κ2) is 6.69. The Kier molecular flexibility index (Phi) is 4.41. The van der Waals surface area contributed by atoms with Crippen LogP contribution in [-0.4, -0.2) is 36.4 Å². The fourth-order valence-corrected chi connectivity index (χ4v) is 4.55. The quantitative estimate of drug-likeness (QED) is 0.754. The first-order valence-corrected chi connectivity index (χ1v) is 9.23. The van der Waals surface area contributed by atoms with Crippen LogP contribution in [0.4, 0.5) is 0 Å². The van der Waals surface area contributed by atoms with Gasteiger partial charge in [-0.2, -0.15) is 0 Å². The molecule has 0 spiro atoms. The number of phenols is 1. The number of ether oxygens (including phenoxy) is 1. The molecule has 124 valence electrons. The summed E-state index contributed by atoms with van der Waals surface area (Å²) >= 11 is 8.20. The van der Waals surface area contributed by atoms with Crippen LogP contribution in [0.5, 0.6) is 5.75 Å². The van der Waals surface area contributed by atoms with Crippen molar-refractivity contribution in [1.82, 2.24) is 4.98 Å². The van der Waals surface area contributed by atoms with Gasteiger partial charge in [-0.3, -0.25) is 4.98 Å². The van der Waals surface area contributed by atoms with E-state index in [-0.39, 0.29) is 11.8 Å². The largest absolute Gasteiger partial charge is 0.505 e. The molecule has 0 amide bonds. The lowest BCUT2D eigenvalue weighted by molar-refractivity contribution is -0.932. The summed E-state index contributed by atoms with van der Waals surface area (Å²) in [5.74, 6) is 0.229. The van der Waals surface area contributed by atoms with Gasteiger partial charge in [-0.1, -0.05) is 17.7 Å². The van der Waals surface area contributed by atoms with Gasteiger partial charge in [0.1, 0.15) is 18.6 Å². The Morgan fingerprint density at radius 3 is 2.83 bits per heavy atom. The maximum atomic E-state index is 10.9. The average molecular weight is 362 g/mol. The van der Waals surface area contributed by atoms with Crippen molar-refractivity contribution in [2.24, 2.45) is 0 Å². The van der Waals surface area contributed by atoms with Crippen LogP contribution in [0.3, 0.4) is 0 Å². The van der Waals surface area contributed by atoms with Gasteiger partial charge in [0.2, 0.25) is 0 Å². The number of fused-ring (bicyclic) bond motifs is 1. The van der Waals surface area contributed by atoms with Crippen LogP contribution in [0.2, 0.25) is 5.02 Å². The maximum Gasteiger partial charge on any atom is 0.152 e. The average Bonchev–Trinajstić information content (AvgIpc) is 3.15. The van der Waals surface area contributed by atoms with Crippen molar-refractivity contribution in [1.29, 1.82) is 0 Å². The summed E-state index contributed by atoms with van der Waals surface area (Å²) in [4.78, 5) is 6.94. The summed E-state index contributed by atoms with van der Waals surface area (Å²) in [5.41, 5.74) is 1.40. The van der Waals surface area contributed by atoms with Crippen LogP contribution in [0.1, 0.15) is 16.5 Å². The second-order valence-electron chi connectivity index (χ2n) is 5.91. The molecule has 0 unspecified atom stereocenters. The van der Waals surface area contributed by atoms with Crippen LogP contribution in [0, 0.1) is 0 Å². The first kappa shape index (κ1) is 15.8. The van der Waals surface area contributed by atoms with Gasteiger partial charge in [0.25, 0.3) is 0 Å². The lowest BCUT2D eigenvalue weighted by atomic mass is 9.99. The monoisotopic (exact) mass is 361 g/mol. The minimum Gasteiger partial charge on any atom is -0.505 e. The highest BCUT2D eigenvalue weighted by Crippen LogP contribution is 2.38. The van der Waals surface area contributed by atoms with E-state index >= 15 is 0 Å². The van der Waals surface area contributed by atoms with E-state index in [4.69, 9.17) is 16.3 Å². The first-order chi connectivity index (χ1) is 11.8. The topological polar surface area (TPSA) is 46.8 Å². The third-order valence-electron chi connectivity index (χ3n) is 4.53. The highest BCUT2D eigenvalue weighted by atomic mass is 35.5. The molecule has 1 aromatic carbocycles. The molecule has 0 saturated carbocycles. The van der Waals surface area contributed by atoms with Crippen LogP contribution in [-0.2, 0) is 4.74 Å². The van der Waals surface area contributed by atoms with Crippen molar-refractivity contribution in [3.8, 4) is 5.75 Å². The molecular formula is C18H18ClN2O2S+. The summed E-state index contributed by atoms with van der Waals surface area (Å²) in [5, 5.41) is 14.4. The summed E-state index contributed by atoms with van der Waals surface area (Å²) < 4.78 is 5.51. The van der Waals surface area contributed by atoms with E-state index in [1.165, 1.54) is 9.78 Å². The zero-order chi connectivity index (χ0) is 16.5. The number of benzene rings is 1. The fourth-order valence-electron chi connectivity index (χ4n) is 3.38. The third kappa shape index (κ3) is 2.78. The Morgan fingerprint density at radius 2 is 2.08 bits per heavy atom. The molecule has 1 aliphatic rings. The van der Waals surface area contributed by atoms with Crippen LogP contribution in [0.15, 0.2) is 41.9 Å². The molecular weight excluding hydrogens is 344 g/mol. The second-order valence-corrected chi connectivity index (χ2v) is 7.30. The molecule has 1 fully saturated rings. The number of aromatic nitrogens is 1. The molecule has 3 aromatic rings. The number of aromatic hydroxyl groups is 1. The molecule has 4 nitrogen and oxygen atoms in total. The van der Waals surface area contributed by atoms with Gasteiger partial charge in [-0.15, -0.1) is 11.3 Å². The van der Waals surface area contributed by atoms with Gasteiger partial charge < -0.3 is 14.7 Å². The van der Waals surface area contributed by atoms with Crippen molar-refractivity contribution in [3.05, 3.63) is 57.4 Å². The van der Waals surface area contributed by atoms with Gasteiger partial charge in [0, 0.05) is 11.6 Å². The number of morpholine rings is 1. The molecule has 0 aliphatic carbocycles. The van der Waals surface area contributed by atoms with E-state index in [9.17, 15) is 5.11 Å². The van der Waals surface area contributed by atoms with E-state index in [1.807, 2.05) is 24.3 Å². The smallest absolute Gasteiger partial charge is 0.152 e. The van der Waals surface area contributed by atoms with Crippen molar-refractivity contribution < 1.29 is 14.7 Å².